The Kier molecular flexibility index (Phi) is 9.63. The van der Waals surface area contributed by atoms with E-state index in [4.69, 9.17) is 21.1 Å². The topological polar surface area (TPSA) is 59.1 Å². The summed E-state index contributed by atoms with van der Waals surface area (Å²) in [5.41, 5.74) is 1.19. The van der Waals surface area contributed by atoms with Crippen LogP contribution in [0.15, 0.2) is 42.5 Å². The lowest BCUT2D eigenvalue weighted by Gasteiger charge is -2.38. The van der Waals surface area contributed by atoms with E-state index in [-0.39, 0.29) is 17.9 Å². The lowest BCUT2D eigenvalue weighted by molar-refractivity contribution is 0.0519. The number of nitrogens with zero attached hydrogens (tertiary/aromatic N) is 2. The number of carbonyl (C=O) groups excluding carboxylic acids is 2. The van der Waals surface area contributed by atoms with Gasteiger partial charge in [0.1, 0.15) is 0 Å². The summed E-state index contributed by atoms with van der Waals surface area (Å²) in [7, 11) is 0. The van der Waals surface area contributed by atoms with Gasteiger partial charge in [-0.15, -0.1) is 0 Å². The lowest BCUT2D eigenvalue weighted by Crippen LogP contribution is -2.49. The fourth-order valence-electron chi connectivity index (χ4n) is 4.30. The second-order valence-corrected chi connectivity index (χ2v) is 8.86. The van der Waals surface area contributed by atoms with Gasteiger partial charge in [0.05, 0.1) is 18.2 Å². The summed E-state index contributed by atoms with van der Waals surface area (Å²) in [4.78, 5) is 30.2. The highest BCUT2D eigenvalue weighted by molar-refractivity contribution is 6.32. The smallest absolute Gasteiger partial charge is 0.254 e. The molecule has 1 fully saturated rings. The average molecular weight is 487 g/mol. The van der Waals surface area contributed by atoms with Gasteiger partial charge in [0.25, 0.3) is 11.8 Å². The highest BCUT2D eigenvalue weighted by Crippen LogP contribution is 2.37. The van der Waals surface area contributed by atoms with Crippen LogP contribution in [0.1, 0.15) is 67.2 Å². The molecule has 0 aliphatic carbocycles. The second kappa shape index (κ2) is 12.7. The summed E-state index contributed by atoms with van der Waals surface area (Å²) in [6.45, 7) is 8.84. The van der Waals surface area contributed by atoms with Crippen molar-refractivity contribution >= 4 is 23.4 Å². The summed E-state index contributed by atoms with van der Waals surface area (Å²) in [5.74, 6) is 0.950. The zero-order valence-electron chi connectivity index (χ0n) is 20.4. The second-order valence-electron chi connectivity index (χ2n) is 8.45. The first-order valence-electron chi connectivity index (χ1n) is 12.2. The first-order chi connectivity index (χ1) is 16.5. The number of carbonyl (C=O) groups is 2. The van der Waals surface area contributed by atoms with Crippen molar-refractivity contribution in [1.29, 1.82) is 0 Å². The fraction of sp³-hybridized carbons (Fsp3) is 0.481. The largest absolute Gasteiger partial charge is 0.490 e. The maximum absolute atomic E-state index is 13.6. The van der Waals surface area contributed by atoms with Crippen molar-refractivity contribution in [3.8, 4) is 11.5 Å². The molecule has 0 aromatic heterocycles. The van der Waals surface area contributed by atoms with Gasteiger partial charge in [0, 0.05) is 36.8 Å². The highest BCUT2D eigenvalue weighted by Gasteiger charge is 2.31. The first-order valence-corrected chi connectivity index (χ1v) is 12.6. The normalized spacial score (nSPS) is 14.1. The Morgan fingerprint density at radius 2 is 1.71 bits per heavy atom. The van der Waals surface area contributed by atoms with Gasteiger partial charge in [-0.1, -0.05) is 43.6 Å². The molecule has 3 rings (SSSR count). The van der Waals surface area contributed by atoms with Crippen molar-refractivity contribution in [3.05, 3.63) is 58.6 Å². The molecule has 0 spiro atoms. The molecule has 1 aliphatic rings. The molecule has 6 nitrogen and oxygen atoms in total. The summed E-state index contributed by atoms with van der Waals surface area (Å²) in [6, 6.07) is 12.8. The van der Waals surface area contributed by atoms with Gasteiger partial charge in [-0.05, 0) is 56.9 Å². The van der Waals surface area contributed by atoms with Gasteiger partial charge >= 0.3 is 0 Å². The van der Waals surface area contributed by atoms with Gasteiger partial charge in [-0.2, -0.15) is 0 Å². The zero-order chi connectivity index (χ0) is 24.5. The van der Waals surface area contributed by atoms with E-state index in [0.717, 1.165) is 25.7 Å². The summed E-state index contributed by atoms with van der Waals surface area (Å²) in [5, 5.41) is 0.377. The Morgan fingerprint density at radius 3 is 2.32 bits per heavy atom. The molecule has 1 heterocycles. The number of amides is 2. The van der Waals surface area contributed by atoms with E-state index in [0.29, 0.717) is 60.5 Å². The molecule has 0 N–H and O–H groups in total. The van der Waals surface area contributed by atoms with E-state index < -0.39 is 0 Å². The standard InChI is InChI=1S/C27H35ClN2O4/c1-4-14-30(22-12-15-29(16-13-22)26(31)20-10-8-7-9-11-20)27(32)21-18-23(28)25(34-17-5-2)24(19-21)33-6-3/h7-11,18-19,22H,4-6,12-17H2,1-3H3. The zero-order valence-corrected chi connectivity index (χ0v) is 21.1. The molecular formula is C27H35ClN2O4. The van der Waals surface area contributed by atoms with Gasteiger partial charge in [0.2, 0.25) is 0 Å². The van der Waals surface area contributed by atoms with Crippen molar-refractivity contribution < 1.29 is 19.1 Å². The number of halogens is 1. The minimum atomic E-state index is -0.0698. The molecule has 1 aliphatic heterocycles. The van der Waals surface area contributed by atoms with Crippen LogP contribution < -0.4 is 9.47 Å². The van der Waals surface area contributed by atoms with Crippen LogP contribution in [0.5, 0.6) is 11.5 Å². The van der Waals surface area contributed by atoms with Crippen molar-refractivity contribution in [2.45, 2.75) is 52.5 Å². The summed E-state index contributed by atoms with van der Waals surface area (Å²) < 4.78 is 11.5. The third-order valence-corrected chi connectivity index (χ3v) is 6.23. The molecular weight excluding hydrogens is 452 g/mol. The molecule has 7 heteroatoms. The van der Waals surface area contributed by atoms with Crippen LogP contribution >= 0.6 is 11.6 Å². The van der Waals surface area contributed by atoms with Crippen LogP contribution in [0, 0.1) is 0 Å². The number of ether oxygens (including phenoxy) is 2. The van der Waals surface area contributed by atoms with E-state index >= 15 is 0 Å². The van der Waals surface area contributed by atoms with Gasteiger partial charge in [-0.3, -0.25) is 9.59 Å². The number of hydrogen-bond acceptors (Lipinski definition) is 4. The van der Waals surface area contributed by atoms with Crippen LogP contribution in [-0.2, 0) is 0 Å². The van der Waals surface area contributed by atoms with E-state index in [1.54, 1.807) is 12.1 Å². The molecule has 0 unspecified atom stereocenters. The Bertz CT molecular complexity index is 959. The van der Waals surface area contributed by atoms with Crippen molar-refractivity contribution in [2.75, 3.05) is 32.8 Å². The number of piperidine rings is 1. The monoisotopic (exact) mass is 486 g/mol. The molecule has 2 amide bonds. The Balaban J connectivity index is 1.75. The predicted molar refractivity (Wildman–Crippen MR) is 135 cm³/mol. The first kappa shape index (κ1) is 25.9. The lowest BCUT2D eigenvalue weighted by atomic mass is 10.0. The number of likely N-dealkylation sites (tertiary alicyclic amines) is 1. The van der Waals surface area contributed by atoms with Gasteiger partial charge < -0.3 is 19.3 Å². The van der Waals surface area contributed by atoms with Crippen LogP contribution in [-0.4, -0.2) is 60.5 Å². The SMILES string of the molecule is CCCOc1c(Cl)cc(C(=O)N(CCC)C2CCN(C(=O)c3ccccc3)CC2)cc1OCC. The maximum atomic E-state index is 13.6. The molecule has 0 atom stereocenters. The third kappa shape index (κ3) is 6.23. The van der Waals surface area contributed by atoms with E-state index in [2.05, 4.69) is 6.92 Å². The van der Waals surface area contributed by atoms with Crippen LogP contribution in [0.25, 0.3) is 0 Å². The molecule has 0 saturated carbocycles. The number of hydrogen-bond donors (Lipinski definition) is 0. The van der Waals surface area contributed by atoms with E-state index in [1.165, 1.54) is 0 Å². The molecule has 34 heavy (non-hydrogen) atoms. The minimum Gasteiger partial charge on any atom is -0.490 e. The van der Waals surface area contributed by atoms with Gasteiger partial charge in [-0.25, -0.2) is 0 Å². The van der Waals surface area contributed by atoms with E-state index in [9.17, 15) is 9.59 Å². The Hall–Kier alpha value is -2.73. The Labute approximate surface area is 207 Å². The molecule has 184 valence electrons. The van der Waals surface area contributed by atoms with E-state index in [1.807, 2.05) is 54.0 Å². The number of benzene rings is 2. The molecule has 0 bridgehead atoms. The fourth-order valence-corrected chi connectivity index (χ4v) is 4.56. The van der Waals surface area contributed by atoms with Crippen LogP contribution in [0.3, 0.4) is 0 Å². The van der Waals surface area contributed by atoms with Crippen molar-refractivity contribution in [2.24, 2.45) is 0 Å². The Morgan fingerprint density at radius 1 is 1.00 bits per heavy atom. The molecule has 1 saturated heterocycles. The predicted octanol–water partition coefficient (Wildman–Crippen LogP) is 5.68. The minimum absolute atomic E-state index is 0.0447. The molecule has 0 radical (unpaired) electrons. The summed E-state index contributed by atoms with van der Waals surface area (Å²) >= 11 is 6.51. The quantitative estimate of drug-likeness (QED) is 0.433. The maximum Gasteiger partial charge on any atom is 0.254 e. The number of rotatable bonds is 10. The van der Waals surface area contributed by atoms with Gasteiger partial charge in [0.15, 0.2) is 11.5 Å². The summed E-state index contributed by atoms with van der Waals surface area (Å²) in [6.07, 6.45) is 3.18. The molecule has 2 aromatic rings. The molecule has 2 aromatic carbocycles. The average Bonchev–Trinajstić information content (AvgIpc) is 2.86. The van der Waals surface area contributed by atoms with Crippen LogP contribution in [0.2, 0.25) is 5.02 Å². The third-order valence-electron chi connectivity index (χ3n) is 5.95. The van der Waals surface area contributed by atoms with Crippen LogP contribution in [0.4, 0.5) is 0 Å². The van der Waals surface area contributed by atoms with Crippen molar-refractivity contribution in [1.82, 2.24) is 9.80 Å². The van der Waals surface area contributed by atoms with Crippen molar-refractivity contribution in [3.63, 3.8) is 0 Å². The highest BCUT2D eigenvalue weighted by atomic mass is 35.5.